The number of benzene rings is 2. The molecule has 0 heterocycles. The Hall–Kier alpha value is -2.60. The number of rotatable bonds is 9. The molecule has 2 aromatic rings. The average molecular weight is 342 g/mol. The van der Waals surface area contributed by atoms with Gasteiger partial charge in [0.1, 0.15) is 6.61 Å². The van der Waals surface area contributed by atoms with Gasteiger partial charge in [-0.25, -0.2) is 0 Å². The fourth-order valence-electron chi connectivity index (χ4n) is 2.56. The summed E-state index contributed by atoms with van der Waals surface area (Å²) in [5.74, 6) is 2.20. The van der Waals surface area contributed by atoms with E-state index in [1.165, 1.54) is 25.0 Å². The van der Waals surface area contributed by atoms with Crippen molar-refractivity contribution in [2.45, 2.75) is 26.0 Å². The average Bonchev–Trinajstić information content (AvgIpc) is 3.45. The third-order valence-corrected chi connectivity index (χ3v) is 4.23. The monoisotopic (exact) mass is 342 g/mol. The molecule has 0 aliphatic heterocycles. The van der Waals surface area contributed by atoms with Gasteiger partial charge in [0.2, 0.25) is 0 Å². The normalized spacial score (nSPS) is 13.5. The van der Waals surface area contributed by atoms with Gasteiger partial charge in [0.25, 0.3) is 5.69 Å². The van der Waals surface area contributed by atoms with Gasteiger partial charge < -0.3 is 14.8 Å². The molecule has 0 spiro atoms. The quantitative estimate of drug-likeness (QED) is 0.556. The number of ether oxygens (including phenoxy) is 2. The Kier molecular flexibility index (Phi) is 5.50. The van der Waals surface area contributed by atoms with Gasteiger partial charge in [-0.05, 0) is 60.7 Å². The number of nitrogens with zero attached hydrogens (tertiary/aromatic N) is 1. The predicted octanol–water partition coefficient (Wildman–Crippen LogP) is 3.68. The van der Waals surface area contributed by atoms with Crippen LogP contribution in [0.25, 0.3) is 0 Å². The molecule has 0 saturated heterocycles. The van der Waals surface area contributed by atoms with Crippen LogP contribution in [0, 0.1) is 16.0 Å². The summed E-state index contributed by atoms with van der Waals surface area (Å²) in [4.78, 5) is 10.3. The highest BCUT2D eigenvalue weighted by Gasteiger charge is 2.20. The second kappa shape index (κ2) is 7.98. The summed E-state index contributed by atoms with van der Waals surface area (Å²) in [6.07, 6.45) is 2.68. The van der Waals surface area contributed by atoms with Crippen molar-refractivity contribution in [3.63, 3.8) is 0 Å². The summed E-state index contributed by atoms with van der Waals surface area (Å²) < 4.78 is 11.2. The minimum atomic E-state index is -0.413. The second-order valence-corrected chi connectivity index (χ2v) is 6.27. The second-order valence-electron chi connectivity index (χ2n) is 6.27. The van der Waals surface area contributed by atoms with Gasteiger partial charge in [-0.1, -0.05) is 6.07 Å². The van der Waals surface area contributed by atoms with Gasteiger partial charge in [0, 0.05) is 18.7 Å². The molecule has 0 aromatic heterocycles. The number of methoxy groups -OCH3 is 1. The Morgan fingerprint density at radius 3 is 2.48 bits per heavy atom. The minimum Gasteiger partial charge on any atom is -0.493 e. The topological polar surface area (TPSA) is 73.6 Å². The van der Waals surface area contributed by atoms with Gasteiger partial charge in [-0.15, -0.1) is 0 Å². The van der Waals surface area contributed by atoms with Gasteiger partial charge in [0.05, 0.1) is 12.0 Å². The van der Waals surface area contributed by atoms with Crippen LogP contribution >= 0.6 is 0 Å². The molecule has 0 unspecified atom stereocenters. The van der Waals surface area contributed by atoms with Crippen molar-refractivity contribution in [3.8, 4) is 11.5 Å². The van der Waals surface area contributed by atoms with Crippen LogP contribution in [-0.2, 0) is 13.2 Å². The van der Waals surface area contributed by atoms with Gasteiger partial charge >= 0.3 is 0 Å². The summed E-state index contributed by atoms with van der Waals surface area (Å²) in [6, 6.07) is 12.2. The standard InChI is InChI=1S/C19H22N2O4/c1-24-19-10-16(12-20-11-14-2-3-14)6-9-18(19)25-13-15-4-7-17(8-5-15)21(22)23/h4-10,14,20H,2-3,11-13H2,1H3. The van der Waals surface area contributed by atoms with Crippen LogP contribution in [0.15, 0.2) is 42.5 Å². The van der Waals surface area contributed by atoms with E-state index in [0.717, 1.165) is 30.1 Å². The lowest BCUT2D eigenvalue weighted by atomic mass is 10.2. The Bertz CT molecular complexity index is 727. The summed E-state index contributed by atoms with van der Waals surface area (Å²) in [6.45, 7) is 2.21. The van der Waals surface area contributed by atoms with E-state index in [2.05, 4.69) is 5.32 Å². The molecule has 132 valence electrons. The summed E-state index contributed by atoms with van der Waals surface area (Å²) >= 11 is 0. The van der Waals surface area contributed by atoms with E-state index in [9.17, 15) is 10.1 Å². The Balaban J connectivity index is 1.57. The van der Waals surface area contributed by atoms with Crippen molar-refractivity contribution in [2.24, 2.45) is 5.92 Å². The molecule has 25 heavy (non-hydrogen) atoms. The zero-order valence-corrected chi connectivity index (χ0v) is 14.2. The molecule has 2 aromatic carbocycles. The SMILES string of the molecule is COc1cc(CNCC2CC2)ccc1OCc1ccc([N+](=O)[O-])cc1. The lowest BCUT2D eigenvalue weighted by Crippen LogP contribution is -2.16. The first-order valence-electron chi connectivity index (χ1n) is 8.39. The molecular formula is C19H22N2O4. The molecule has 6 heteroatoms. The molecule has 0 amide bonds. The minimum absolute atomic E-state index is 0.0735. The highest BCUT2D eigenvalue weighted by Crippen LogP contribution is 2.30. The molecule has 1 aliphatic carbocycles. The van der Waals surface area contributed by atoms with E-state index in [0.29, 0.717) is 18.1 Å². The third kappa shape index (κ3) is 4.93. The van der Waals surface area contributed by atoms with E-state index in [1.807, 2.05) is 18.2 Å². The van der Waals surface area contributed by atoms with Crippen molar-refractivity contribution in [1.82, 2.24) is 5.32 Å². The molecule has 1 aliphatic rings. The summed E-state index contributed by atoms with van der Waals surface area (Å²) in [5.41, 5.74) is 2.09. The lowest BCUT2D eigenvalue weighted by Gasteiger charge is -2.13. The maximum absolute atomic E-state index is 10.7. The number of nitro benzene ring substituents is 1. The number of hydrogen-bond acceptors (Lipinski definition) is 5. The first-order chi connectivity index (χ1) is 12.2. The number of nitrogens with one attached hydrogen (secondary N) is 1. The van der Waals surface area contributed by atoms with Crippen LogP contribution in [0.3, 0.4) is 0 Å². The van der Waals surface area contributed by atoms with Crippen molar-refractivity contribution in [2.75, 3.05) is 13.7 Å². The highest BCUT2D eigenvalue weighted by molar-refractivity contribution is 5.43. The van der Waals surface area contributed by atoms with Crippen LogP contribution in [0.2, 0.25) is 0 Å². The van der Waals surface area contributed by atoms with Crippen molar-refractivity contribution in [1.29, 1.82) is 0 Å². The Morgan fingerprint density at radius 2 is 1.84 bits per heavy atom. The maximum Gasteiger partial charge on any atom is 0.269 e. The van der Waals surface area contributed by atoms with E-state index in [1.54, 1.807) is 19.2 Å². The Morgan fingerprint density at radius 1 is 1.12 bits per heavy atom. The molecule has 0 atom stereocenters. The molecule has 0 bridgehead atoms. The highest BCUT2D eigenvalue weighted by atomic mass is 16.6. The molecule has 1 saturated carbocycles. The number of hydrogen-bond donors (Lipinski definition) is 1. The number of non-ortho nitro benzene ring substituents is 1. The van der Waals surface area contributed by atoms with Crippen LogP contribution in [0.5, 0.6) is 11.5 Å². The Labute approximate surface area is 146 Å². The smallest absolute Gasteiger partial charge is 0.269 e. The van der Waals surface area contributed by atoms with Gasteiger partial charge in [-0.3, -0.25) is 10.1 Å². The molecule has 1 fully saturated rings. The molecule has 1 N–H and O–H groups in total. The van der Waals surface area contributed by atoms with Gasteiger partial charge in [0.15, 0.2) is 11.5 Å². The zero-order chi connectivity index (χ0) is 17.6. The van der Waals surface area contributed by atoms with E-state index < -0.39 is 4.92 Å². The predicted molar refractivity (Wildman–Crippen MR) is 94.9 cm³/mol. The fourth-order valence-corrected chi connectivity index (χ4v) is 2.56. The van der Waals surface area contributed by atoms with E-state index in [-0.39, 0.29) is 5.69 Å². The molecule has 0 radical (unpaired) electrons. The first-order valence-corrected chi connectivity index (χ1v) is 8.39. The van der Waals surface area contributed by atoms with Crippen LogP contribution in [0.4, 0.5) is 5.69 Å². The molecule has 6 nitrogen and oxygen atoms in total. The maximum atomic E-state index is 10.7. The molecule has 3 rings (SSSR count). The third-order valence-electron chi connectivity index (χ3n) is 4.23. The zero-order valence-electron chi connectivity index (χ0n) is 14.2. The van der Waals surface area contributed by atoms with Crippen LogP contribution in [0.1, 0.15) is 24.0 Å². The summed E-state index contributed by atoms with van der Waals surface area (Å²) in [5, 5.41) is 14.1. The first kappa shape index (κ1) is 17.2. The fraction of sp³-hybridized carbons (Fsp3) is 0.368. The summed E-state index contributed by atoms with van der Waals surface area (Å²) in [7, 11) is 1.62. The number of nitro groups is 1. The van der Waals surface area contributed by atoms with Crippen molar-refractivity contribution < 1.29 is 14.4 Å². The van der Waals surface area contributed by atoms with Crippen LogP contribution in [-0.4, -0.2) is 18.6 Å². The van der Waals surface area contributed by atoms with Crippen molar-refractivity contribution >= 4 is 5.69 Å². The van der Waals surface area contributed by atoms with Crippen LogP contribution < -0.4 is 14.8 Å². The molecular weight excluding hydrogens is 320 g/mol. The van der Waals surface area contributed by atoms with Gasteiger partial charge in [-0.2, -0.15) is 0 Å². The van der Waals surface area contributed by atoms with E-state index in [4.69, 9.17) is 9.47 Å². The van der Waals surface area contributed by atoms with Crippen molar-refractivity contribution in [3.05, 3.63) is 63.7 Å². The van der Waals surface area contributed by atoms with E-state index >= 15 is 0 Å². The lowest BCUT2D eigenvalue weighted by molar-refractivity contribution is -0.384. The largest absolute Gasteiger partial charge is 0.493 e.